The van der Waals surface area contributed by atoms with Crippen LogP contribution >= 0.6 is 0 Å². The summed E-state index contributed by atoms with van der Waals surface area (Å²) in [4.78, 5) is 14.4. The van der Waals surface area contributed by atoms with Gasteiger partial charge in [-0.25, -0.2) is 9.78 Å². The molecule has 0 atom stereocenters. The second-order valence-corrected chi connectivity index (χ2v) is 3.81. The zero-order valence-electron chi connectivity index (χ0n) is 9.89. The minimum absolute atomic E-state index is 0.190. The maximum Gasteiger partial charge on any atom is 0.573 e. The highest BCUT2D eigenvalue weighted by molar-refractivity contribution is 5.87. The Kier molecular flexibility index (Phi) is 3.60. The lowest BCUT2D eigenvalue weighted by atomic mass is 10.1. The third-order valence-electron chi connectivity index (χ3n) is 2.38. The molecule has 0 bridgehead atoms. The van der Waals surface area contributed by atoms with Crippen molar-refractivity contribution in [1.29, 1.82) is 0 Å². The van der Waals surface area contributed by atoms with Gasteiger partial charge in [-0.3, -0.25) is 0 Å². The molecule has 20 heavy (non-hydrogen) atoms. The average Bonchev–Trinajstić information content (AvgIpc) is 2.37. The predicted molar refractivity (Wildman–Crippen MR) is 63.3 cm³/mol. The number of carboxylic acids is 1. The fourth-order valence-corrected chi connectivity index (χ4v) is 1.60. The van der Waals surface area contributed by atoms with Gasteiger partial charge in [0.25, 0.3) is 0 Å². The normalized spacial score (nSPS) is 11.2. The van der Waals surface area contributed by atoms with Crippen molar-refractivity contribution in [1.82, 2.24) is 4.98 Å². The average molecular weight is 283 g/mol. The number of ether oxygens (including phenoxy) is 1. The van der Waals surface area contributed by atoms with Gasteiger partial charge >= 0.3 is 12.3 Å². The number of halogens is 3. The summed E-state index contributed by atoms with van der Waals surface area (Å²) >= 11 is 0. The Hall–Kier alpha value is -2.57. The van der Waals surface area contributed by atoms with Crippen molar-refractivity contribution >= 4 is 5.97 Å². The van der Waals surface area contributed by atoms with Crippen LogP contribution in [0.1, 0.15) is 10.5 Å². The molecule has 0 aliphatic carbocycles. The molecule has 0 unspecified atom stereocenters. The zero-order valence-corrected chi connectivity index (χ0v) is 9.89. The fourth-order valence-electron chi connectivity index (χ4n) is 1.60. The lowest BCUT2D eigenvalue weighted by molar-refractivity contribution is -0.274. The first-order valence-corrected chi connectivity index (χ1v) is 5.41. The number of nitrogens with zero attached hydrogens (tertiary/aromatic N) is 1. The summed E-state index contributed by atoms with van der Waals surface area (Å²) in [6.07, 6.45) is -3.50. The molecule has 7 heteroatoms. The monoisotopic (exact) mass is 283 g/mol. The van der Waals surface area contributed by atoms with Gasteiger partial charge < -0.3 is 9.84 Å². The predicted octanol–water partition coefficient (Wildman–Crippen LogP) is 3.35. The number of aromatic nitrogens is 1. The summed E-state index contributed by atoms with van der Waals surface area (Å²) < 4.78 is 40.2. The van der Waals surface area contributed by atoms with Gasteiger partial charge in [-0.2, -0.15) is 0 Å². The van der Waals surface area contributed by atoms with E-state index in [9.17, 15) is 18.0 Å². The molecule has 1 heterocycles. The van der Waals surface area contributed by atoms with Gasteiger partial charge in [-0.05, 0) is 35.4 Å². The Morgan fingerprint density at radius 2 is 1.85 bits per heavy atom. The van der Waals surface area contributed by atoms with Gasteiger partial charge in [0.1, 0.15) is 11.4 Å². The lowest BCUT2D eigenvalue weighted by Crippen LogP contribution is -2.17. The molecular formula is C13H8F3NO3. The van der Waals surface area contributed by atoms with E-state index < -0.39 is 12.3 Å². The van der Waals surface area contributed by atoms with Crippen LogP contribution in [0.4, 0.5) is 13.2 Å². The van der Waals surface area contributed by atoms with Crippen molar-refractivity contribution in [3.05, 3.63) is 48.3 Å². The van der Waals surface area contributed by atoms with E-state index in [4.69, 9.17) is 5.11 Å². The van der Waals surface area contributed by atoms with Gasteiger partial charge in [0, 0.05) is 6.20 Å². The number of pyridine rings is 1. The standard InChI is InChI=1S/C13H8F3NO3/c14-13(15,16)20-10-3-1-2-8(6-10)9-4-5-17-11(7-9)12(18)19/h1-7H,(H,18,19). The van der Waals surface area contributed by atoms with E-state index in [0.29, 0.717) is 11.1 Å². The maximum absolute atomic E-state index is 12.1. The largest absolute Gasteiger partial charge is 0.573 e. The first-order valence-electron chi connectivity index (χ1n) is 5.41. The number of alkyl halides is 3. The maximum atomic E-state index is 12.1. The van der Waals surface area contributed by atoms with Crippen molar-refractivity contribution < 1.29 is 27.8 Å². The van der Waals surface area contributed by atoms with Crippen molar-refractivity contribution in [3.63, 3.8) is 0 Å². The van der Waals surface area contributed by atoms with Gasteiger partial charge in [-0.1, -0.05) is 12.1 Å². The van der Waals surface area contributed by atoms with Crippen LogP contribution in [0.25, 0.3) is 11.1 Å². The minimum Gasteiger partial charge on any atom is -0.477 e. The number of carboxylic acid groups (broad SMARTS) is 1. The van der Waals surface area contributed by atoms with E-state index in [-0.39, 0.29) is 11.4 Å². The van der Waals surface area contributed by atoms with Crippen LogP contribution in [-0.4, -0.2) is 22.4 Å². The Balaban J connectivity index is 2.36. The molecule has 104 valence electrons. The molecule has 1 N–H and O–H groups in total. The van der Waals surface area contributed by atoms with Gasteiger partial charge in [0.15, 0.2) is 0 Å². The summed E-state index contributed by atoms with van der Waals surface area (Å²) in [5.41, 5.74) is 0.645. The van der Waals surface area contributed by atoms with Gasteiger partial charge in [-0.15, -0.1) is 13.2 Å². The van der Waals surface area contributed by atoms with Crippen LogP contribution in [0.2, 0.25) is 0 Å². The van der Waals surface area contributed by atoms with Crippen molar-refractivity contribution in [2.45, 2.75) is 6.36 Å². The summed E-state index contributed by atoms with van der Waals surface area (Å²) in [6.45, 7) is 0. The third kappa shape index (κ3) is 3.47. The molecule has 4 nitrogen and oxygen atoms in total. The third-order valence-corrected chi connectivity index (χ3v) is 2.38. The number of hydrogen-bond acceptors (Lipinski definition) is 3. The van der Waals surface area contributed by atoms with E-state index >= 15 is 0 Å². The first-order chi connectivity index (χ1) is 9.35. The number of hydrogen-bond donors (Lipinski definition) is 1. The van der Waals surface area contributed by atoms with Crippen LogP contribution < -0.4 is 4.74 Å². The highest BCUT2D eigenvalue weighted by Gasteiger charge is 2.31. The number of aromatic carboxylic acids is 1. The van der Waals surface area contributed by atoms with Crippen LogP contribution in [0.15, 0.2) is 42.6 Å². The van der Waals surface area contributed by atoms with Gasteiger partial charge in [0.2, 0.25) is 0 Å². The molecule has 2 aromatic rings. The topological polar surface area (TPSA) is 59.4 Å². The van der Waals surface area contributed by atoms with Crippen molar-refractivity contribution in [2.75, 3.05) is 0 Å². The Morgan fingerprint density at radius 3 is 2.50 bits per heavy atom. The van der Waals surface area contributed by atoms with Gasteiger partial charge in [0.05, 0.1) is 0 Å². The molecule has 1 aromatic heterocycles. The van der Waals surface area contributed by atoms with E-state index in [2.05, 4.69) is 9.72 Å². The molecule has 0 spiro atoms. The highest BCUT2D eigenvalue weighted by atomic mass is 19.4. The summed E-state index contributed by atoms with van der Waals surface area (Å²) in [5.74, 6) is -1.58. The molecule has 0 aliphatic heterocycles. The van der Waals surface area contributed by atoms with E-state index in [1.807, 2.05) is 0 Å². The van der Waals surface area contributed by atoms with Crippen LogP contribution in [0, 0.1) is 0 Å². The zero-order chi connectivity index (χ0) is 14.8. The second-order valence-electron chi connectivity index (χ2n) is 3.81. The lowest BCUT2D eigenvalue weighted by Gasteiger charge is -2.10. The fraction of sp³-hybridized carbons (Fsp3) is 0.0769. The molecule has 0 amide bonds. The second kappa shape index (κ2) is 5.20. The van der Waals surface area contributed by atoms with E-state index in [1.165, 1.54) is 30.5 Å². The van der Waals surface area contributed by atoms with Crippen molar-refractivity contribution in [2.24, 2.45) is 0 Å². The Bertz CT molecular complexity index is 641. The Morgan fingerprint density at radius 1 is 1.15 bits per heavy atom. The molecule has 0 radical (unpaired) electrons. The van der Waals surface area contributed by atoms with E-state index in [1.54, 1.807) is 6.07 Å². The molecule has 1 aromatic carbocycles. The number of rotatable bonds is 3. The number of benzene rings is 1. The summed E-state index contributed by atoms with van der Waals surface area (Å²) in [7, 11) is 0. The first kappa shape index (κ1) is 13.9. The number of carbonyl (C=O) groups is 1. The molecule has 0 saturated heterocycles. The highest BCUT2D eigenvalue weighted by Crippen LogP contribution is 2.28. The molecular weight excluding hydrogens is 275 g/mol. The Labute approximate surface area is 111 Å². The summed E-state index contributed by atoms with van der Waals surface area (Å²) in [6, 6.07) is 8.04. The smallest absolute Gasteiger partial charge is 0.477 e. The SMILES string of the molecule is O=C(O)c1cc(-c2cccc(OC(F)(F)F)c2)ccn1. The van der Waals surface area contributed by atoms with Crippen LogP contribution in [0.5, 0.6) is 5.75 Å². The van der Waals surface area contributed by atoms with Crippen LogP contribution in [-0.2, 0) is 0 Å². The van der Waals surface area contributed by atoms with Crippen molar-refractivity contribution in [3.8, 4) is 16.9 Å². The molecule has 0 saturated carbocycles. The van der Waals surface area contributed by atoms with Crippen LogP contribution in [0.3, 0.4) is 0 Å². The molecule has 0 fully saturated rings. The summed E-state index contributed by atoms with van der Waals surface area (Å²) in [5, 5.41) is 8.83. The molecule has 0 aliphatic rings. The quantitative estimate of drug-likeness (QED) is 0.938. The molecule has 2 rings (SSSR count). The minimum atomic E-state index is -4.77. The van der Waals surface area contributed by atoms with E-state index in [0.717, 1.165) is 6.07 Å².